The molecular formula is C19H26N4O2+2. The van der Waals surface area contributed by atoms with Crippen molar-refractivity contribution in [2.24, 2.45) is 5.10 Å². The van der Waals surface area contributed by atoms with E-state index in [1.807, 2.05) is 13.0 Å². The first-order valence-electron chi connectivity index (χ1n) is 8.79. The molecule has 1 aromatic heterocycles. The first-order chi connectivity index (χ1) is 12.2. The lowest BCUT2D eigenvalue weighted by molar-refractivity contribution is -1.02. The van der Waals surface area contributed by atoms with Gasteiger partial charge in [-0.2, -0.15) is 5.10 Å². The van der Waals surface area contributed by atoms with Crippen LogP contribution in [-0.2, 0) is 11.3 Å². The molecule has 132 valence electrons. The molecular weight excluding hydrogens is 316 g/mol. The lowest BCUT2D eigenvalue weighted by Gasteiger charge is -2.29. The van der Waals surface area contributed by atoms with Crippen LogP contribution in [0.1, 0.15) is 18.2 Å². The van der Waals surface area contributed by atoms with Crippen LogP contribution in [0.4, 0.5) is 0 Å². The molecule has 0 aliphatic carbocycles. The van der Waals surface area contributed by atoms with E-state index in [-0.39, 0.29) is 5.91 Å². The molecule has 0 saturated carbocycles. The Morgan fingerprint density at radius 2 is 1.80 bits per heavy atom. The molecule has 2 heterocycles. The summed E-state index contributed by atoms with van der Waals surface area (Å²) in [5.74, 6) is 0.623. The lowest BCUT2D eigenvalue weighted by atomic mass is 10.2. The quantitative estimate of drug-likeness (QED) is 0.471. The Labute approximate surface area is 148 Å². The second kappa shape index (κ2) is 8.60. The second-order valence-corrected chi connectivity index (χ2v) is 6.55. The fourth-order valence-corrected chi connectivity index (χ4v) is 3.15. The SMILES string of the molecule is CC(=NNC(=O)C[NH+]1CC[NH+](Cc2ccccc2)CC1)c1ccco1. The van der Waals surface area contributed by atoms with Crippen LogP contribution in [0.25, 0.3) is 0 Å². The molecule has 1 aromatic carbocycles. The van der Waals surface area contributed by atoms with Crippen molar-refractivity contribution in [3.63, 3.8) is 0 Å². The van der Waals surface area contributed by atoms with E-state index >= 15 is 0 Å². The molecule has 0 unspecified atom stereocenters. The maximum atomic E-state index is 12.1. The third-order valence-corrected chi connectivity index (χ3v) is 4.60. The summed E-state index contributed by atoms with van der Waals surface area (Å²) >= 11 is 0. The fraction of sp³-hybridized carbons (Fsp3) is 0.368. The van der Waals surface area contributed by atoms with Crippen molar-refractivity contribution in [1.29, 1.82) is 0 Å². The van der Waals surface area contributed by atoms with Crippen molar-refractivity contribution in [1.82, 2.24) is 5.43 Å². The largest absolute Gasteiger partial charge is 0.463 e. The zero-order valence-electron chi connectivity index (χ0n) is 14.6. The van der Waals surface area contributed by atoms with Crippen molar-refractivity contribution in [3.05, 3.63) is 60.1 Å². The Hall–Kier alpha value is -2.44. The van der Waals surface area contributed by atoms with E-state index in [4.69, 9.17) is 4.42 Å². The van der Waals surface area contributed by atoms with Crippen LogP contribution in [0.2, 0.25) is 0 Å². The summed E-state index contributed by atoms with van der Waals surface area (Å²) in [6.07, 6.45) is 1.59. The molecule has 2 aromatic rings. The highest BCUT2D eigenvalue weighted by Gasteiger charge is 2.24. The molecule has 0 spiro atoms. The Morgan fingerprint density at radius 3 is 2.48 bits per heavy atom. The first-order valence-corrected chi connectivity index (χ1v) is 8.79. The number of hydrogen-bond acceptors (Lipinski definition) is 3. The average molecular weight is 342 g/mol. The highest BCUT2D eigenvalue weighted by atomic mass is 16.3. The Kier molecular flexibility index (Phi) is 5.98. The molecule has 1 aliphatic rings. The molecule has 1 amide bonds. The van der Waals surface area contributed by atoms with Crippen LogP contribution < -0.4 is 15.2 Å². The highest BCUT2D eigenvalue weighted by molar-refractivity contribution is 5.96. The van der Waals surface area contributed by atoms with Gasteiger partial charge in [0.25, 0.3) is 5.91 Å². The van der Waals surface area contributed by atoms with Crippen molar-refractivity contribution in [3.8, 4) is 0 Å². The normalized spacial score (nSPS) is 21.1. The first kappa shape index (κ1) is 17.4. The minimum Gasteiger partial charge on any atom is -0.463 e. The summed E-state index contributed by atoms with van der Waals surface area (Å²) < 4.78 is 5.25. The number of nitrogens with one attached hydrogen (secondary N) is 3. The van der Waals surface area contributed by atoms with Gasteiger partial charge in [-0.25, -0.2) is 5.43 Å². The average Bonchev–Trinajstić information content (AvgIpc) is 3.17. The smallest absolute Gasteiger partial charge is 0.295 e. The van der Waals surface area contributed by atoms with E-state index in [0.29, 0.717) is 18.0 Å². The second-order valence-electron chi connectivity index (χ2n) is 6.55. The van der Waals surface area contributed by atoms with Crippen LogP contribution in [0, 0.1) is 0 Å². The Morgan fingerprint density at radius 1 is 1.08 bits per heavy atom. The van der Waals surface area contributed by atoms with E-state index < -0.39 is 0 Å². The molecule has 0 bridgehead atoms. The zero-order chi connectivity index (χ0) is 17.5. The van der Waals surface area contributed by atoms with Gasteiger partial charge in [0, 0.05) is 5.56 Å². The minimum atomic E-state index is -0.0487. The molecule has 0 atom stereocenters. The predicted octanol–water partition coefficient (Wildman–Crippen LogP) is -0.897. The standard InChI is InChI=1S/C19H24N4O2/c1-16(18-8-5-13-25-18)20-21-19(24)15-23-11-9-22(10-12-23)14-17-6-3-2-4-7-17/h2-8,13H,9-12,14-15H2,1H3,(H,21,24)/p+2. The molecule has 6 nitrogen and oxygen atoms in total. The number of hydrazone groups is 1. The number of benzene rings is 1. The molecule has 1 saturated heterocycles. The summed E-state index contributed by atoms with van der Waals surface area (Å²) in [7, 11) is 0. The van der Waals surface area contributed by atoms with Crippen LogP contribution in [-0.4, -0.2) is 44.3 Å². The highest BCUT2D eigenvalue weighted by Crippen LogP contribution is 2.00. The summed E-state index contributed by atoms with van der Waals surface area (Å²) in [4.78, 5) is 15.0. The molecule has 6 heteroatoms. The monoisotopic (exact) mass is 342 g/mol. The van der Waals surface area contributed by atoms with E-state index in [1.54, 1.807) is 17.2 Å². The van der Waals surface area contributed by atoms with E-state index in [0.717, 1.165) is 32.7 Å². The molecule has 3 N–H and O–H groups in total. The third-order valence-electron chi connectivity index (χ3n) is 4.60. The molecule has 25 heavy (non-hydrogen) atoms. The minimum absolute atomic E-state index is 0.0487. The van der Waals surface area contributed by atoms with Crippen molar-refractivity contribution in [2.45, 2.75) is 13.5 Å². The molecule has 1 aliphatic heterocycles. The topological polar surface area (TPSA) is 63.5 Å². The Balaban J connectivity index is 1.40. The van der Waals surface area contributed by atoms with Gasteiger partial charge < -0.3 is 14.2 Å². The maximum Gasteiger partial charge on any atom is 0.295 e. The van der Waals surface area contributed by atoms with Crippen molar-refractivity contribution in [2.75, 3.05) is 32.7 Å². The summed E-state index contributed by atoms with van der Waals surface area (Å²) in [5, 5.41) is 4.11. The predicted molar refractivity (Wildman–Crippen MR) is 95.5 cm³/mol. The van der Waals surface area contributed by atoms with E-state index in [9.17, 15) is 4.79 Å². The van der Waals surface area contributed by atoms with Crippen LogP contribution in [0.15, 0.2) is 58.2 Å². The van der Waals surface area contributed by atoms with Gasteiger partial charge in [0.15, 0.2) is 6.54 Å². The number of piperazine rings is 1. The molecule has 0 radical (unpaired) electrons. The molecule has 1 fully saturated rings. The van der Waals surface area contributed by atoms with Crippen LogP contribution in [0.3, 0.4) is 0 Å². The van der Waals surface area contributed by atoms with Crippen LogP contribution in [0.5, 0.6) is 0 Å². The summed E-state index contributed by atoms with van der Waals surface area (Å²) in [6.45, 7) is 7.55. The van der Waals surface area contributed by atoms with E-state index in [2.05, 4.69) is 40.9 Å². The van der Waals surface area contributed by atoms with Crippen molar-refractivity contribution < 1.29 is 19.0 Å². The number of carbonyl (C=O) groups excluding carboxylic acids is 1. The number of amides is 1. The summed E-state index contributed by atoms with van der Waals surface area (Å²) in [6, 6.07) is 14.2. The summed E-state index contributed by atoms with van der Waals surface area (Å²) in [5.41, 5.74) is 4.68. The van der Waals surface area contributed by atoms with Gasteiger partial charge in [-0.1, -0.05) is 30.3 Å². The van der Waals surface area contributed by atoms with Gasteiger partial charge in [0.05, 0.1) is 6.26 Å². The third kappa shape index (κ3) is 5.27. The van der Waals surface area contributed by atoms with Gasteiger partial charge in [0.2, 0.25) is 0 Å². The van der Waals surface area contributed by atoms with Gasteiger partial charge in [-0.15, -0.1) is 0 Å². The van der Waals surface area contributed by atoms with Crippen molar-refractivity contribution >= 4 is 11.6 Å². The van der Waals surface area contributed by atoms with Gasteiger partial charge in [-0.05, 0) is 19.1 Å². The van der Waals surface area contributed by atoms with Gasteiger partial charge >= 0.3 is 0 Å². The van der Waals surface area contributed by atoms with E-state index in [1.165, 1.54) is 10.5 Å². The fourth-order valence-electron chi connectivity index (χ4n) is 3.15. The maximum absolute atomic E-state index is 12.1. The number of furan rings is 1. The lowest BCUT2D eigenvalue weighted by Crippen LogP contribution is -3.28. The van der Waals surface area contributed by atoms with Crippen LogP contribution >= 0.6 is 0 Å². The molecule has 3 rings (SSSR count). The Bertz CT molecular complexity index is 689. The number of quaternary nitrogens is 2. The zero-order valence-corrected chi connectivity index (χ0v) is 14.6. The van der Waals surface area contributed by atoms with Gasteiger partial charge in [0.1, 0.15) is 44.2 Å². The number of nitrogens with zero attached hydrogens (tertiary/aromatic N) is 1. The number of carbonyl (C=O) groups is 1. The number of rotatable bonds is 6. The van der Waals surface area contributed by atoms with Gasteiger partial charge in [-0.3, -0.25) is 4.79 Å². The number of hydrogen-bond donors (Lipinski definition) is 3.